The van der Waals surface area contributed by atoms with E-state index in [1.54, 1.807) is 6.33 Å². The summed E-state index contributed by atoms with van der Waals surface area (Å²) in [6.45, 7) is 8.25. The number of anilines is 1. The van der Waals surface area contributed by atoms with Gasteiger partial charge in [0.05, 0.1) is 5.39 Å². The standard InChI is InChI=1S/C23H24N4/c1-4-26(5-2)22-21-20(18-9-7-6-8-10-18)15-27(23(21)25-16-24-22)19-13-11-17(3)12-14-19/h6-16H,4-5H2,1-3H3. The molecule has 0 bridgehead atoms. The zero-order valence-corrected chi connectivity index (χ0v) is 16.1. The van der Waals surface area contributed by atoms with Crippen LogP contribution in [0.3, 0.4) is 0 Å². The highest BCUT2D eigenvalue weighted by atomic mass is 15.2. The quantitative estimate of drug-likeness (QED) is 0.490. The van der Waals surface area contributed by atoms with Crippen LogP contribution >= 0.6 is 0 Å². The van der Waals surface area contributed by atoms with Crippen LogP contribution in [-0.2, 0) is 0 Å². The number of benzene rings is 2. The van der Waals surface area contributed by atoms with Gasteiger partial charge < -0.3 is 9.47 Å². The van der Waals surface area contributed by atoms with Crippen molar-refractivity contribution in [2.45, 2.75) is 20.8 Å². The molecule has 0 unspecified atom stereocenters. The first-order valence-electron chi connectivity index (χ1n) is 9.46. The van der Waals surface area contributed by atoms with E-state index in [9.17, 15) is 0 Å². The molecule has 0 aliphatic rings. The molecule has 136 valence electrons. The van der Waals surface area contributed by atoms with Crippen molar-refractivity contribution in [2.24, 2.45) is 0 Å². The molecule has 0 aliphatic carbocycles. The SMILES string of the molecule is CCN(CC)c1ncnc2c1c(-c1ccccc1)cn2-c1ccc(C)cc1. The number of aromatic nitrogens is 3. The lowest BCUT2D eigenvalue weighted by atomic mass is 10.1. The van der Waals surface area contributed by atoms with Gasteiger partial charge in [-0.1, -0.05) is 48.0 Å². The lowest BCUT2D eigenvalue weighted by molar-refractivity contribution is 0.848. The van der Waals surface area contributed by atoms with Crippen molar-refractivity contribution in [3.8, 4) is 16.8 Å². The van der Waals surface area contributed by atoms with Crippen molar-refractivity contribution < 1.29 is 0 Å². The van der Waals surface area contributed by atoms with Gasteiger partial charge in [0.2, 0.25) is 0 Å². The molecule has 2 aromatic heterocycles. The Balaban J connectivity index is 2.04. The zero-order chi connectivity index (χ0) is 18.8. The van der Waals surface area contributed by atoms with Gasteiger partial charge in [-0.3, -0.25) is 0 Å². The lowest BCUT2D eigenvalue weighted by Crippen LogP contribution is -2.23. The van der Waals surface area contributed by atoms with E-state index in [-0.39, 0.29) is 0 Å². The van der Waals surface area contributed by atoms with Crippen molar-refractivity contribution in [2.75, 3.05) is 18.0 Å². The second-order valence-corrected chi connectivity index (χ2v) is 6.68. The van der Waals surface area contributed by atoms with Crippen molar-refractivity contribution in [1.82, 2.24) is 14.5 Å². The van der Waals surface area contributed by atoms with Gasteiger partial charge in [-0.05, 0) is 38.5 Å². The molecular weight excluding hydrogens is 332 g/mol. The Morgan fingerprint density at radius 1 is 0.889 bits per heavy atom. The summed E-state index contributed by atoms with van der Waals surface area (Å²) in [5.74, 6) is 0.995. The summed E-state index contributed by atoms with van der Waals surface area (Å²) in [7, 11) is 0. The third-order valence-corrected chi connectivity index (χ3v) is 5.02. The van der Waals surface area contributed by atoms with E-state index < -0.39 is 0 Å². The number of hydrogen-bond acceptors (Lipinski definition) is 3. The van der Waals surface area contributed by atoms with E-state index >= 15 is 0 Å². The Hall–Kier alpha value is -3.14. The highest BCUT2D eigenvalue weighted by Crippen LogP contribution is 2.36. The second kappa shape index (κ2) is 7.23. The third-order valence-electron chi connectivity index (χ3n) is 5.02. The molecule has 0 fully saturated rings. The number of rotatable bonds is 5. The molecule has 0 saturated carbocycles. The Kier molecular flexibility index (Phi) is 4.63. The zero-order valence-electron chi connectivity index (χ0n) is 16.1. The number of nitrogens with zero attached hydrogens (tertiary/aromatic N) is 4. The van der Waals surface area contributed by atoms with E-state index in [0.29, 0.717) is 0 Å². The van der Waals surface area contributed by atoms with Gasteiger partial charge >= 0.3 is 0 Å². The number of fused-ring (bicyclic) bond motifs is 1. The van der Waals surface area contributed by atoms with Crippen LogP contribution in [0.1, 0.15) is 19.4 Å². The van der Waals surface area contributed by atoms with Gasteiger partial charge in [0.25, 0.3) is 0 Å². The molecule has 4 heteroatoms. The lowest BCUT2D eigenvalue weighted by Gasteiger charge is -2.21. The smallest absolute Gasteiger partial charge is 0.150 e. The third kappa shape index (κ3) is 3.08. The fourth-order valence-electron chi connectivity index (χ4n) is 3.55. The summed E-state index contributed by atoms with van der Waals surface area (Å²) in [5, 5.41) is 1.10. The maximum Gasteiger partial charge on any atom is 0.150 e. The number of hydrogen-bond donors (Lipinski definition) is 0. The summed E-state index contributed by atoms with van der Waals surface area (Å²) in [5.41, 5.74) is 5.63. The first-order valence-corrected chi connectivity index (χ1v) is 9.46. The highest BCUT2D eigenvalue weighted by molar-refractivity contribution is 6.02. The molecule has 2 heterocycles. The molecule has 0 aliphatic heterocycles. The normalized spacial score (nSPS) is 11.1. The van der Waals surface area contributed by atoms with Gasteiger partial charge in [-0.2, -0.15) is 0 Å². The summed E-state index contributed by atoms with van der Waals surface area (Å²) < 4.78 is 2.17. The molecule has 4 rings (SSSR count). The Morgan fingerprint density at radius 3 is 2.26 bits per heavy atom. The highest BCUT2D eigenvalue weighted by Gasteiger charge is 2.19. The average Bonchev–Trinajstić information content (AvgIpc) is 3.11. The van der Waals surface area contributed by atoms with Crippen LogP contribution in [0.4, 0.5) is 5.82 Å². The van der Waals surface area contributed by atoms with Crippen LogP contribution in [0, 0.1) is 6.92 Å². The van der Waals surface area contributed by atoms with Crippen LogP contribution in [0.25, 0.3) is 27.8 Å². The molecule has 27 heavy (non-hydrogen) atoms. The molecule has 4 aromatic rings. The van der Waals surface area contributed by atoms with E-state index in [4.69, 9.17) is 0 Å². The van der Waals surface area contributed by atoms with Gasteiger partial charge in [0, 0.05) is 30.5 Å². The fourth-order valence-corrected chi connectivity index (χ4v) is 3.55. The monoisotopic (exact) mass is 356 g/mol. The molecule has 0 amide bonds. The van der Waals surface area contributed by atoms with Crippen molar-refractivity contribution in [3.05, 3.63) is 72.7 Å². The van der Waals surface area contributed by atoms with E-state index in [2.05, 4.69) is 94.9 Å². The minimum absolute atomic E-state index is 0.909. The van der Waals surface area contributed by atoms with Crippen molar-refractivity contribution in [1.29, 1.82) is 0 Å². The van der Waals surface area contributed by atoms with Gasteiger partial charge in [0.15, 0.2) is 5.65 Å². The van der Waals surface area contributed by atoms with Crippen LogP contribution in [0.15, 0.2) is 67.1 Å². The van der Waals surface area contributed by atoms with Crippen molar-refractivity contribution >= 4 is 16.9 Å². The van der Waals surface area contributed by atoms with Crippen LogP contribution in [-0.4, -0.2) is 27.6 Å². The maximum absolute atomic E-state index is 4.66. The molecular formula is C23H24N4. The Bertz CT molecular complexity index is 1050. The molecule has 0 spiro atoms. The minimum atomic E-state index is 0.909. The minimum Gasteiger partial charge on any atom is -0.356 e. The van der Waals surface area contributed by atoms with Gasteiger partial charge in [-0.25, -0.2) is 9.97 Å². The summed E-state index contributed by atoms with van der Waals surface area (Å²) >= 11 is 0. The molecule has 0 atom stereocenters. The second-order valence-electron chi connectivity index (χ2n) is 6.68. The predicted octanol–water partition coefficient (Wildman–Crippen LogP) is 5.24. The molecule has 0 saturated heterocycles. The average molecular weight is 356 g/mol. The first kappa shape index (κ1) is 17.3. The molecule has 2 aromatic carbocycles. The Labute approximate surface area is 160 Å². The predicted molar refractivity (Wildman–Crippen MR) is 113 cm³/mol. The summed E-state index contributed by atoms with van der Waals surface area (Å²) in [6.07, 6.45) is 3.86. The van der Waals surface area contributed by atoms with E-state index in [0.717, 1.165) is 41.2 Å². The summed E-state index contributed by atoms with van der Waals surface area (Å²) in [4.78, 5) is 11.6. The van der Waals surface area contributed by atoms with Crippen LogP contribution in [0.2, 0.25) is 0 Å². The van der Waals surface area contributed by atoms with E-state index in [1.807, 2.05) is 6.07 Å². The Morgan fingerprint density at radius 2 is 1.59 bits per heavy atom. The van der Waals surface area contributed by atoms with Crippen LogP contribution < -0.4 is 4.90 Å². The maximum atomic E-state index is 4.66. The summed E-state index contributed by atoms with van der Waals surface area (Å²) in [6, 6.07) is 19.0. The van der Waals surface area contributed by atoms with Gasteiger partial charge in [0.1, 0.15) is 12.1 Å². The van der Waals surface area contributed by atoms with Gasteiger partial charge in [-0.15, -0.1) is 0 Å². The fraction of sp³-hybridized carbons (Fsp3) is 0.217. The molecule has 0 radical (unpaired) electrons. The first-order chi connectivity index (χ1) is 13.2. The van der Waals surface area contributed by atoms with Crippen molar-refractivity contribution in [3.63, 3.8) is 0 Å². The largest absolute Gasteiger partial charge is 0.356 e. The van der Waals surface area contributed by atoms with E-state index in [1.165, 1.54) is 11.1 Å². The molecule has 0 N–H and O–H groups in total. The number of aryl methyl sites for hydroxylation is 1. The van der Waals surface area contributed by atoms with Crippen LogP contribution in [0.5, 0.6) is 0 Å². The topological polar surface area (TPSA) is 34.0 Å². The molecule has 4 nitrogen and oxygen atoms in total.